The molecule has 7 nitrogen and oxygen atoms in total. The molecule has 8 bridgehead atoms. The fourth-order valence-corrected chi connectivity index (χ4v) is 4.39. The first-order chi connectivity index (χ1) is 16.5. The van der Waals surface area contributed by atoms with Gasteiger partial charge in [0.2, 0.25) is 0 Å². The zero-order valence-corrected chi connectivity index (χ0v) is 20.3. The van der Waals surface area contributed by atoms with Gasteiger partial charge in [0.25, 0.3) is 0 Å². The van der Waals surface area contributed by atoms with Gasteiger partial charge in [-0.15, -0.1) is 0 Å². The van der Waals surface area contributed by atoms with Crippen LogP contribution < -0.4 is 19.6 Å². The molecule has 0 amide bonds. The van der Waals surface area contributed by atoms with Crippen LogP contribution in [0.1, 0.15) is 12.5 Å². The minimum atomic E-state index is 0.813. The minimum absolute atomic E-state index is 0.813. The van der Waals surface area contributed by atoms with Crippen LogP contribution in [-0.2, 0) is 6.42 Å². The van der Waals surface area contributed by atoms with Gasteiger partial charge in [-0.2, -0.15) is 0 Å². The van der Waals surface area contributed by atoms with E-state index in [2.05, 4.69) is 49.0 Å². The molecule has 172 valence electrons. The molecule has 4 heterocycles. The Morgan fingerprint density at radius 2 is 0.765 bits per heavy atom. The third-order valence-electron chi connectivity index (χ3n) is 6.42. The van der Waals surface area contributed by atoms with Crippen LogP contribution in [0.15, 0.2) is 72.8 Å². The molecule has 0 radical (unpaired) electrons. The van der Waals surface area contributed by atoms with E-state index in [4.69, 9.17) is 15.0 Å². The number of hydrogen-bond donors (Lipinski definition) is 0. The Morgan fingerprint density at radius 1 is 0.471 bits per heavy atom. The largest absolute Gasteiger partial charge is 0.329 e. The highest BCUT2D eigenvalue weighted by atomic mass is 15.3. The van der Waals surface area contributed by atoms with Gasteiger partial charge in [0.15, 0.2) is 0 Å². The number of aromatic nitrogens is 3. The van der Waals surface area contributed by atoms with Crippen molar-refractivity contribution in [3.8, 4) is 0 Å². The average molecular weight is 452 g/mol. The van der Waals surface area contributed by atoms with Gasteiger partial charge >= 0.3 is 0 Å². The summed E-state index contributed by atoms with van der Waals surface area (Å²) < 4.78 is 0. The first-order valence-electron chi connectivity index (χ1n) is 11.5. The number of anilines is 8. The molecule has 1 aromatic carbocycles. The number of benzene rings is 1. The number of fused-ring (bicyclic) bond motifs is 8. The summed E-state index contributed by atoms with van der Waals surface area (Å²) in [5.41, 5.74) is 3.49. The first-order valence-corrected chi connectivity index (χ1v) is 11.5. The highest BCUT2D eigenvalue weighted by Gasteiger charge is 2.19. The lowest BCUT2D eigenvalue weighted by molar-refractivity contribution is 1.00. The standard InChI is InChI=1S/C27H29N7/c1-6-19-20-11-7-12-21(19)32(3)23-14-9-16-25(29-23)34(5)27-18-10-17-26(30-27)33(4)24-15-8-13-22(28-24)31(20)2/h7-18H,6H2,1-5H3. The number of hydrogen-bond acceptors (Lipinski definition) is 7. The fourth-order valence-electron chi connectivity index (χ4n) is 4.39. The van der Waals surface area contributed by atoms with Gasteiger partial charge in [-0.3, -0.25) is 0 Å². The Hall–Kier alpha value is -4.13. The number of rotatable bonds is 1. The van der Waals surface area contributed by atoms with Crippen LogP contribution in [0.25, 0.3) is 0 Å². The highest BCUT2D eigenvalue weighted by Crippen LogP contribution is 2.37. The molecule has 0 saturated heterocycles. The Kier molecular flexibility index (Phi) is 5.53. The summed E-state index contributed by atoms with van der Waals surface area (Å²) in [7, 11) is 8.13. The lowest BCUT2D eigenvalue weighted by Gasteiger charge is -2.29. The molecule has 5 rings (SSSR count). The van der Waals surface area contributed by atoms with Gasteiger partial charge in [0.1, 0.15) is 34.9 Å². The van der Waals surface area contributed by atoms with Crippen LogP contribution in [0.5, 0.6) is 0 Å². The molecule has 0 unspecified atom stereocenters. The molecule has 0 spiro atoms. The van der Waals surface area contributed by atoms with E-state index in [0.29, 0.717) is 0 Å². The van der Waals surface area contributed by atoms with E-state index in [9.17, 15) is 0 Å². The van der Waals surface area contributed by atoms with Crippen molar-refractivity contribution in [3.05, 3.63) is 78.4 Å². The smallest absolute Gasteiger partial charge is 0.136 e. The summed E-state index contributed by atoms with van der Waals surface area (Å²) in [6.07, 6.45) is 0.883. The maximum atomic E-state index is 4.98. The predicted molar refractivity (Wildman–Crippen MR) is 141 cm³/mol. The van der Waals surface area contributed by atoms with Crippen molar-refractivity contribution in [2.45, 2.75) is 13.3 Å². The Labute approximate surface area is 200 Å². The third kappa shape index (κ3) is 3.69. The van der Waals surface area contributed by atoms with Crippen molar-refractivity contribution in [1.82, 2.24) is 15.0 Å². The summed E-state index contributed by atoms with van der Waals surface area (Å²) in [4.78, 5) is 23.2. The van der Waals surface area contributed by atoms with E-state index >= 15 is 0 Å². The van der Waals surface area contributed by atoms with E-state index in [1.165, 1.54) is 5.56 Å². The molecule has 0 fully saturated rings. The van der Waals surface area contributed by atoms with Crippen LogP contribution in [0.2, 0.25) is 0 Å². The summed E-state index contributed by atoms with van der Waals surface area (Å²) >= 11 is 0. The van der Waals surface area contributed by atoms with E-state index in [-0.39, 0.29) is 0 Å². The second-order valence-electron chi connectivity index (χ2n) is 8.43. The van der Waals surface area contributed by atoms with Crippen molar-refractivity contribution in [3.63, 3.8) is 0 Å². The summed E-state index contributed by atoms with van der Waals surface area (Å²) in [6.45, 7) is 2.19. The normalized spacial score (nSPS) is 13.3. The van der Waals surface area contributed by atoms with Crippen LogP contribution in [0.3, 0.4) is 0 Å². The average Bonchev–Trinajstić information content (AvgIpc) is 2.90. The molecule has 3 aromatic heterocycles. The summed E-state index contributed by atoms with van der Waals surface area (Å²) in [5, 5.41) is 0. The van der Waals surface area contributed by atoms with Crippen molar-refractivity contribution in [2.24, 2.45) is 0 Å². The molecule has 0 atom stereocenters. The molecular formula is C27H29N7. The maximum absolute atomic E-state index is 4.98. The zero-order valence-electron chi connectivity index (χ0n) is 20.3. The van der Waals surface area contributed by atoms with Gasteiger partial charge < -0.3 is 19.6 Å². The molecule has 0 aliphatic carbocycles. The Morgan fingerprint density at radius 3 is 1.09 bits per heavy atom. The molecule has 4 aromatic rings. The molecule has 0 N–H and O–H groups in total. The van der Waals surface area contributed by atoms with Crippen molar-refractivity contribution >= 4 is 46.3 Å². The van der Waals surface area contributed by atoms with Crippen LogP contribution in [0.4, 0.5) is 46.3 Å². The minimum Gasteiger partial charge on any atom is -0.329 e. The lowest BCUT2D eigenvalue weighted by Crippen LogP contribution is -2.21. The van der Waals surface area contributed by atoms with Crippen molar-refractivity contribution in [2.75, 3.05) is 47.8 Å². The number of nitrogens with zero attached hydrogens (tertiary/aromatic N) is 7. The summed E-state index contributed by atoms with van der Waals surface area (Å²) in [5.74, 6) is 5.03. The van der Waals surface area contributed by atoms with Crippen LogP contribution in [-0.4, -0.2) is 43.1 Å². The molecule has 1 aliphatic rings. The second-order valence-corrected chi connectivity index (χ2v) is 8.43. The van der Waals surface area contributed by atoms with Gasteiger partial charge in [0.05, 0.1) is 0 Å². The van der Waals surface area contributed by atoms with E-state index in [1.54, 1.807) is 0 Å². The molecule has 34 heavy (non-hydrogen) atoms. The van der Waals surface area contributed by atoms with Crippen molar-refractivity contribution < 1.29 is 0 Å². The second kappa shape index (κ2) is 8.67. The van der Waals surface area contributed by atoms with E-state index < -0.39 is 0 Å². The number of pyridine rings is 3. The van der Waals surface area contributed by atoms with E-state index in [1.807, 2.05) is 78.5 Å². The predicted octanol–water partition coefficient (Wildman–Crippen LogP) is 5.82. The lowest BCUT2D eigenvalue weighted by atomic mass is 10.1. The van der Waals surface area contributed by atoms with Gasteiger partial charge in [0, 0.05) is 39.6 Å². The van der Waals surface area contributed by atoms with Crippen LogP contribution in [0, 0.1) is 0 Å². The van der Waals surface area contributed by atoms with Gasteiger partial charge in [-0.25, -0.2) is 15.0 Å². The topological polar surface area (TPSA) is 51.6 Å². The molecule has 1 aliphatic heterocycles. The fraction of sp³-hybridized carbons (Fsp3) is 0.222. The SMILES string of the molecule is CCc1c2cccc1N(C)c1cccc(n1)N(C)c1cccc(n1)N(C)c1cccc(n1)N2C. The van der Waals surface area contributed by atoms with Crippen LogP contribution >= 0.6 is 0 Å². The van der Waals surface area contributed by atoms with E-state index in [0.717, 1.165) is 52.7 Å². The molecule has 0 saturated carbocycles. The van der Waals surface area contributed by atoms with Gasteiger partial charge in [-0.05, 0) is 60.5 Å². The summed E-state index contributed by atoms with van der Waals surface area (Å²) in [6, 6.07) is 24.6. The molecule has 7 heteroatoms. The monoisotopic (exact) mass is 451 g/mol. The Bertz CT molecular complexity index is 1240. The highest BCUT2D eigenvalue weighted by molar-refractivity contribution is 5.76. The third-order valence-corrected chi connectivity index (χ3v) is 6.42. The zero-order chi connectivity index (χ0) is 23.8. The van der Waals surface area contributed by atoms with Crippen molar-refractivity contribution in [1.29, 1.82) is 0 Å². The maximum Gasteiger partial charge on any atom is 0.136 e. The Balaban J connectivity index is 1.76. The molecular weight excluding hydrogens is 422 g/mol. The quantitative estimate of drug-likeness (QED) is 0.361. The van der Waals surface area contributed by atoms with Gasteiger partial charge in [-0.1, -0.05) is 31.2 Å². The first kappa shape index (κ1) is 21.7.